The van der Waals surface area contributed by atoms with Crippen LogP contribution in [0, 0.1) is 5.92 Å². The van der Waals surface area contributed by atoms with E-state index < -0.39 is 0 Å². The first-order chi connectivity index (χ1) is 9.80. The van der Waals surface area contributed by atoms with Crippen LogP contribution in [0.3, 0.4) is 0 Å². The number of nitrogens with zero attached hydrogens (tertiary/aromatic N) is 3. The fraction of sp³-hybridized carbons (Fsp3) is 0.733. The zero-order valence-corrected chi connectivity index (χ0v) is 12.6. The lowest BCUT2D eigenvalue weighted by molar-refractivity contribution is 0.238. The van der Waals surface area contributed by atoms with Crippen LogP contribution in [-0.4, -0.2) is 41.3 Å². The summed E-state index contributed by atoms with van der Waals surface area (Å²) in [6.45, 7) is 7.42. The van der Waals surface area contributed by atoms with E-state index in [0.29, 0.717) is 5.92 Å². The third kappa shape index (κ3) is 3.39. The lowest BCUT2D eigenvalue weighted by Gasteiger charge is -2.22. The van der Waals surface area contributed by atoms with Crippen molar-refractivity contribution < 1.29 is 5.11 Å². The monoisotopic (exact) mass is 278 g/mol. The molecule has 2 N–H and O–H groups in total. The Kier molecular flexibility index (Phi) is 5.59. The van der Waals surface area contributed by atoms with Crippen molar-refractivity contribution in [2.45, 2.75) is 39.5 Å². The number of hydrogen-bond acceptors (Lipinski definition) is 5. The molecule has 1 atom stereocenters. The molecule has 1 aromatic heterocycles. The Morgan fingerprint density at radius 3 is 2.85 bits per heavy atom. The molecule has 0 spiro atoms. The lowest BCUT2D eigenvalue weighted by Crippen LogP contribution is -2.24. The molecule has 1 fully saturated rings. The van der Waals surface area contributed by atoms with Crippen LogP contribution in [0.4, 0.5) is 11.6 Å². The van der Waals surface area contributed by atoms with Crippen LogP contribution in [0.2, 0.25) is 0 Å². The predicted molar refractivity (Wildman–Crippen MR) is 82.2 cm³/mol. The Hall–Kier alpha value is -1.36. The molecule has 112 valence electrons. The number of rotatable bonds is 7. The molecular weight excluding hydrogens is 252 g/mol. The molecule has 0 radical (unpaired) electrons. The van der Waals surface area contributed by atoms with E-state index in [0.717, 1.165) is 57.0 Å². The maximum absolute atomic E-state index is 9.30. The molecular formula is C15H26N4O. The highest BCUT2D eigenvalue weighted by molar-refractivity contribution is 5.59. The Morgan fingerprint density at radius 1 is 1.35 bits per heavy atom. The summed E-state index contributed by atoms with van der Waals surface area (Å²) in [4.78, 5) is 11.2. The first-order valence-corrected chi connectivity index (χ1v) is 7.73. The maximum atomic E-state index is 9.30. The van der Waals surface area contributed by atoms with Crippen molar-refractivity contribution in [1.29, 1.82) is 0 Å². The molecule has 1 unspecified atom stereocenters. The summed E-state index contributed by atoms with van der Waals surface area (Å²) in [6.07, 6.45) is 5.85. The second kappa shape index (κ2) is 7.43. The molecule has 1 aliphatic rings. The van der Waals surface area contributed by atoms with Crippen molar-refractivity contribution >= 4 is 11.6 Å². The second-order valence-corrected chi connectivity index (χ2v) is 5.48. The number of anilines is 2. The van der Waals surface area contributed by atoms with Crippen molar-refractivity contribution in [3.05, 3.63) is 11.9 Å². The molecule has 1 aliphatic heterocycles. The number of aliphatic hydroxyl groups is 1. The highest BCUT2D eigenvalue weighted by Gasteiger charge is 2.25. The molecule has 0 aliphatic carbocycles. The Labute approximate surface area is 121 Å². The van der Waals surface area contributed by atoms with E-state index in [4.69, 9.17) is 0 Å². The Bertz CT molecular complexity index is 424. The van der Waals surface area contributed by atoms with Crippen molar-refractivity contribution in [2.75, 3.05) is 36.5 Å². The minimum absolute atomic E-state index is 0.269. The lowest BCUT2D eigenvalue weighted by atomic mass is 10.1. The average molecular weight is 278 g/mol. The maximum Gasteiger partial charge on any atom is 0.137 e. The summed E-state index contributed by atoms with van der Waals surface area (Å²) >= 11 is 0. The van der Waals surface area contributed by atoms with Crippen LogP contribution in [0.1, 0.15) is 38.7 Å². The van der Waals surface area contributed by atoms with Gasteiger partial charge in [-0.1, -0.05) is 20.3 Å². The fourth-order valence-electron chi connectivity index (χ4n) is 2.73. The number of aromatic nitrogens is 2. The molecule has 2 heterocycles. The summed E-state index contributed by atoms with van der Waals surface area (Å²) in [7, 11) is 0. The van der Waals surface area contributed by atoms with Gasteiger partial charge >= 0.3 is 0 Å². The number of aliphatic hydroxyl groups excluding tert-OH is 1. The number of nitrogens with one attached hydrogen (secondary N) is 1. The van der Waals surface area contributed by atoms with E-state index in [-0.39, 0.29) is 6.61 Å². The highest BCUT2D eigenvalue weighted by Crippen LogP contribution is 2.29. The van der Waals surface area contributed by atoms with E-state index in [1.54, 1.807) is 6.33 Å². The van der Waals surface area contributed by atoms with Crippen LogP contribution >= 0.6 is 0 Å². The van der Waals surface area contributed by atoms with Crippen LogP contribution < -0.4 is 10.2 Å². The van der Waals surface area contributed by atoms with Crippen molar-refractivity contribution in [1.82, 2.24) is 9.97 Å². The minimum atomic E-state index is 0.269. The normalized spacial score (nSPS) is 18.6. The van der Waals surface area contributed by atoms with E-state index >= 15 is 0 Å². The third-order valence-corrected chi connectivity index (χ3v) is 3.81. The predicted octanol–water partition coefficient (Wildman–Crippen LogP) is 2.07. The van der Waals surface area contributed by atoms with Gasteiger partial charge in [0.2, 0.25) is 0 Å². The second-order valence-electron chi connectivity index (χ2n) is 5.48. The average Bonchev–Trinajstić information content (AvgIpc) is 2.95. The zero-order valence-electron chi connectivity index (χ0n) is 12.6. The standard InChI is InChI=1S/C15H26N4O/c1-3-5-13-14(16-7-4-2)17-11-18-15(13)19-8-6-12(9-19)10-20/h11-12,20H,3-10H2,1-2H3,(H,16,17,18). The minimum Gasteiger partial charge on any atom is -0.396 e. The Morgan fingerprint density at radius 2 is 2.20 bits per heavy atom. The number of hydrogen-bond donors (Lipinski definition) is 2. The molecule has 1 aromatic rings. The highest BCUT2D eigenvalue weighted by atomic mass is 16.3. The van der Waals surface area contributed by atoms with E-state index in [2.05, 4.69) is 34.0 Å². The SMILES string of the molecule is CCCNc1ncnc(N2CCC(CO)C2)c1CCC. The fourth-order valence-corrected chi connectivity index (χ4v) is 2.73. The van der Waals surface area contributed by atoms with Gasteiger partial charge < -0.3 is 15.3 Å². The van der Waals surface area contributed by atoms with Crippen LogP contribution in [0.15, 0.2) is 6.33 Å². The van der Waals surface area contributed by atoms with E-state index in [1.165, 1.54) is 5.56 Å². The summed E-state index contributed by atoms with van der Waals surface area (Å²) in [6, 6.07) is 0. The van der Waals surface area contributed by atoms with Gasteiger partial charge in [-0.25, -0.2) is 9.97 Å². The van der Waals surface area contributed by atoms with Gasteiger partial charge in [0.1, 0.15) is 18.0 Å². The first-order valence-electron chi connectivity index (χ1n) is 7.73. The van der Waals surface area contributed by atoms with Gasteiger partial charge in [-0.15, -0.1) is 0 Å². The summed E-state index contributed by atoms with van der Waals surface area (Å²) in [5.74, 6) is 2.41. The summed E-state index contributed by atoms with van der Waals surface area (Å²) < 4.78 is 0. The molecule has 0 amide bonds. The molecule has 1 saturated heterocycles. The smallest absolute Gasteiger partial charge is 0.137 e. The van der Waals surface area contributed by atoms with Gasteiger partial charge in [0.25, 0.3) is 0 Å². The quantitative estimate of drug-likeness (QED) is 0.799. The molecule has 5 heteroatoms. The van der Waals surface area contributed by atoms with Gasteiger partial charge in [-0.2, -0.15) is 0 Å². The molecule has 20 heavy (non-hydrogen) atoms. The molecule has 0 bridgehead atoms. The van der Waals surface area contributed by atoms with Gasteiger partial charge in [0.15, 0.2) is 0 Å². The molecule has 2 rings (SSSR count). The van der Waals surface area contributed by atoms with Crippen molar-refractivity contribution in [2.24, 2.45) is 5.92 Å². The molecule has 5 nitrogen and oxygen atoms in total. The van der Waals surface area contributed by atoms with Gasteiger partial charge in [-0.3, -0.25) is 0 Å². The van der Waals surface area contributed by atoms with Crippen LogP contribution in [-0.2, 0) is 6.42 Å². The van der Waals surface area contributed by atoms with Gasteiger partial charge in [0.05, 0.1) is 0 Å². The van der Waals surface area contributed by atoms with Crippen molar-refractivity contribution in [3.8, 4) is 0 Å². The molecule has 0 saturated carbocycles. The topological polar surface area (TPSA) is 61.3 Å². The van der Waals surface area contributed by atoms with Crippen LogP contribution in [0.25, 0.3) is 0 Å². The summed E-state index contributed by atoms with van der Waals surface area (Å²) in [5.41, 5.74) is 1.22. The Balaban J connectivity index is 2.22. The van der Waals surface area contributed by atoms with Gasteiger partial charge in [-0.05, 0) is 19.3 Å². The largest absolute Gasteiger partial charge is 0.396 e. The summed E-state index contributed by atoms with van der Waals surface area (Å²) in [5, 5.41) is 12.7. The van der Waals surface area contributed by atoms with Crippen LogP contribution in [0.5, 0.6) is 0 Å². The molecule has 0 aromatic carbocycles. The third-order valence-electron chi connectivity index (χ3n) is 3.81. The van der Waals surface area contributed by atoms with E-state index in [1.807, 2.05) is 0 Å². The van der Waals surface area contributed by atoms with E-state index in [9.17, 15) is 5.11 Å². The zero-order chi connectivity index (χ0) is 14.4. The van der Waals surface area contributed by atoms with Gasteiger partial charge in [0, 0.05) is 37.7 Å². The van der Waals surface area contributed by atoms with Crippen molar-refractivity contribution in [3.63, 3.8) is 0 Å². The first kappa shape index (κ1) is 15.0.